The molecule has 0 saturated carbocycles. The summed E-state index contributed by atoms with van der Waals surface area (Å²) in [6.45, 7) is 0.250. The number of hydrogen-bond donors (Lipinski definition) is 1. The smallest absolute Gasteiger partial charge is 0.243 e. The SMILES string of the molecule is NCc1ccnnc1Oc1cc(Br)ccc1F. The van der Waals surface area contributed by atoms with Gasteiger partial charge in [0.15, 0.2) is 11.6 Å². The maximum absolute atomic E-state index is 13.5. The zero-order valence-electron chi connectivity index (χ0n) is 8.73. The lowest BCUT2D eigenvalue weighted by atomic mass is 10.3. The molecule has 17 heavy (non-hydrogen) atoms. The van der Waals surface area contributed by atoms with Crippen molar-refractivity contribution in [1.82, 2.24) is 10.2 Å². The summed E-state index contributed by atoms with van der Waals surface area (Å²) in [6, 6.07) is 6.09. The number of rotatable bonds is 3. The van der Waals surface area contributed by atoms with Crippen molar-refractivity contribution in [3.05, 3.63) is 46.3 Å². The van der Waals surface area contributed by atoms with Gasteiger partial charge in [0.05, 0.1) is 6.20 Å². The Morgan fingerprint density at radius 2 is 2.18 bits per heavy atom. The van der Waals surface area contributed by atoms with Crippen LogP contribution in [-0.4, -0.2) is 10.2 Å². The van der Waals surface area contributed by atoms with Gasteiger partial charge in [-0.1, -0.05) is 15.9 Å². The highest BCUT2D eigenvalue weighted by Crippen LogP contribution is 2.27. The summed E-state index contributed by atoms with van der Waals surface area (Å²) in [5.74, 6) is -0.177. The highest BCUT2D eigenvalue weighted by atomic mass is 79.9. The minimum absolute atomic E-state index is 0.0783. The molecule has 88 valence electrons. The van der Waals surface area contributed by atoms with Crippen molar-refractivity contribution in [2.75, 3.05) is 0 Å². The van der Waals surface area contributed by atoms with E-state index in [1.54, 1.807) is 12.1 Å². The van der Waals surface area contributed by atoms with Gasteiger partial charge in [0.1, 0.15) is 0 Å². The number of nitrogens with zero attached hydrogens (tertiary/aromatic N) is 2. The predicted octanol–water partition coefficient (Wildman–Crippen LogP) is 2.63. The van der Waals surface area contributed by atoms with E-state index in [9.17, 15) is 4.39 Å². The third kappa shape index (κ3) is 2.78. The Hall–Kier alpha value is -1.53. The van der Waals surface area contributed by atoms with Crippen LogP contribution in [0.1, 0.15) is 5.56 Å². The van der Waals surface area contributed by atoms with Gasteiger partial charge in [-0.05, 0) is 24.3 Å². The first-order valence-corrected chi connectivity index (χ1v) is 5.63. The van der Waals surface area contributed by atoms with Gasteiger partial charge in [-0.25, -0.2) is 4.39 Å². The molecule has 6 heteroatoms. The van der Waals surface area contributed by atoms with Crippen LogP contribution in [0.3, 0.4) is 0 Å². The Morgan fingerprint density at radius 3 is 2.94 bits per heavy atom. The highest BCUT2D eigenvalue weighted by molar-refractivity contribution is 9.10. The standard InChI is InChI=1S/C11H9BrFN3O/c12-8-1-2-9(13)10(5-8)17-11-7(6-14)3-4-15-16-11/h1-5H,6,14H2. The van der Waals surface area contributed by atoms with Gasteiger partial charge in [0.25, 0.3) is 0 Å². The zero-order valence-corrected chi connectivity index (χ0v) is 10.3. The van der Waals surface area contributed by atoms with Crippen LogP contribution in [0.2, 0.25) is 0 Å². The molecule has 2 aromatic rings. The molecule has 1 aromatic carbocycles. The van der Waals surface area contributed by atoms with Crippen LogP contribution < -0.4 is 10.5 Å². The predicted molar refractivity (Wildman–Crippen MR) is 64.1 cm³/mol. The average molecular weight is 298 g/mol. The second-order valence-corrected chi connectivity index (χ2v) is 4.16. The molecular formula is C11H9BrFN3O. The molecule has 1 aromatic heterocycles. The Bertz CT molecular complexity index is 536. The third-order valence-electron chi connectivity index (χ3n) is 2.09. The molecule has 0 aliphatic carbocycles. The number of nitrogens with two attached hydrogens (primary N) is 1. The van der Waals surface area contributed by atoms with Crippen LogP contribution >= 0.6 is 15.9 Å². The molecule has 2 N–H and O–H groups in total. The van der Waals surface area contributed by atoms with Gasteiger partial charge in [-0.15, -0.1) is 5.10 Å². The van der Waals surface area contributed by atoms with Crippen molar-refractivity contribution < 1.29 is 9.13 Å². The van der Waals surface area contributed by atoms with Crippen molar-refractivity contribution in [3.8, 4) is 11.6 Å². The summed E-state index contributed by atoms with van der Waals surface area (Å²) in [4.78, 5) is 0. The zero-order chi connectivity index (χ0) is 12.3. The van der Waals surface area contributed by atoms with Crippen LogP contribution in [0.4, 0.5) is 4.39 Å². The molecule has 0 saturated heterocycles. The number of ether oxygens (including phenoxy) is 1. The fourth-order valence-electron chi connectivity index (χ4n) is 1.25. The van der Waals surface area contributed by atoms with Crippen molar-refractivity contribution >= 4 is 15.9 Å². The van der Waals surface area contributed by atoms with Gasteiger partial charge in [0, 0.05) is 16.6 Å². The molecular weight excluding hydrogens is 289 g/mol. The fourth-order valence-corrected chi connectivity index (χ4v) is 1.59. The van der Waals surface area contributed by atoms with E-state index < -0.39 is 5.82 Å². The van der Waals surface area contributed by atoms with E-state index in [2.05, 4.69) is 26.1 Å². The fraction of sp³-hybridized carbons (Fsp3) is 0.0909. The van der Waals surface area contributed by atoms with E-state index in [0.29, 0.717) is 10.0 Å². The first-order chi connectivity index (χ1) is 8.20. The quantitative estimate of drug-likeness (QED) is 0.946. The number of hydrogen-bond acceptors (Lipinski definition) is 4. The molecule has 0 spiro atoms. The lowest BCUT2D eigenvalue weighted by Gasteiger charge is -2.08. The first kappa shape index (κ1) is 11.9. The molecule has 0 bridgehead atoms. The Kier molecular flexibility index (Phi) is 3.65. The van der Waals surface area contributed by atoms with Gasteiger partial charge >= 0.3 is 0 Å². The second-order valence-electron chi connectivity index (χ2n) is 3.24. The van der Waals surface area contributed by atoms with Crippen molar-refractivity contribution in [2.24, 2.45) is 5.73 Å². The van der Waals surface area contributed by atoms with Crippen molar-refractivity contribution in [2.45, 2.75) is 6.54 Å². The monoisotopic (exact) mass is 297 g/mol. The molecule has 0 aliphatic rings. The minimum Gasteiger partial charge on any atom is -0.434 e. The van der Waals surface area contributed by atoms with Crippen molar-refractivity contribution in [3.63, 3.8) is 0 Å². The topological polar surface area (TPSA) is 61.0 Å². The summed E-state index contributed by atoms with van der Waals surface area (Å²) in [7, 11) is 0. The Morgan fingerprint density at radius 1 is 1.35 bits per heavy atom. The largest absolute Gasteiger partial charge is 0.434 e. The van der Waals surface area contributed by atoms with E-state index in [1.807, 2.05) is 0 Å². The summed E-state index contributed by atoms with van der Waals surface area (Å²) in [5, 5.41) is 7.46. The molecule has 1 heterocycles. The third-order valence-corrected chi connectivity index (χ3v) is 2.58. The Labute approximate surface area is 106 Å². The first-order valence-electron chi connectivity index (χ1n) is 4.84. The van der Waals surface area contributed by atoms with E-state index >= 15 is 0 Å². The molecule has 0 unspecified atom stereocenters. The molecule has 4 nitrogen and oxygen atoms in total. The highest BCUT2D eigenvalue weighted by Gasteiger charge is 2.09. The number of benzene rings is 1. The molecule has 2 rings (SSSR count). The maximum Gasteiger partial charge on any atom is 0.243 e. The normalized spacial score (nSPS) is 10.3. The lowest BCUT2D eigenvalue weighted by molar-refractivity contribution is 0.416. The van der Waals surface area contributed by atoms with E-state index in [-0.39, 0.29) is 18.2 Å². The number of aromatic nitrogens is 2. The van der Waals surface area contributed by atoms with E-state index in [0.717, 1.165) is 0 Å². The van der Waals surface area contributed by atoms with Crippen LogP contribution in [0.25, 0.3) is 0 Å². The molecule has 0 fully saturated rings. The summed E-state index contributed by atoms with van der Waals surface area (Å²) in [6.07, 6.45) is 1.51. The molecule has 0 aliphatic heterocycles. The summed E-state index contributed by atoms with van der Waals surface area (Å²) >= 11 is 3.24. The van der Waals surface area contributed by atoms with E-state index in [1.165, 1.54) is 18.3 Å². The minimum atomic E-state index is -0.471. The van der Waals surface area contributed by atoms with Gasteiger partial charge < -0.3 is 10.5 Å². The molecule has 0 radical (unpaired) electrons. The van der Waals surface area contributed by atoms with Gasteiger partial charge in [-0.2, -0.15) is 5.10 Å². The maximum atomic E-state index is 13.5. The summed E-state index contributed by atoms with van der Waals surface area (Å²) in [5.41, 5.74) is 6.19. The van der Waals surface area contributed by atoms with Crippen LogP contribution in [-0.2, 0) is 6.54 Å². The second kappa shape index (κ2) is 5.20. The lowest BCUT2D eigenvalue weighted by Crippen LogP contribution is -2.02. The van der Waals surface area contributed by atoms with Crippen molar-refractivity contribution in [1.29, 1.82) is 0 Å². The van der Waals surface area contributed by atoms with Gasteiger partial charge in [-0.3, -0.25) is 0 Å². The van der Waals surface area contributed by atoms with E-state index in [4.69, 9.17) is 10.5 Å². The van der Waals surface area contributed by atoms with Crippen LogP contribution in [0.15, 0.2) is 34.9 Å². The van der Waals surface area contributed by atoms with Crippen LogP contribution in [0, 0.1) is 5.82 Å². The number of halogens is 2. The summed E-state index contributed by atoms with van der Waals surface area (Å²) < 4.78 is 19.5. The molecule has 0 atom stereocenters. The van der Waals surface area contributed by atoms with Crippen LogP contribution in [0.5, 0.6) is 11.6 Å². The van der Waals surface area contributed by atoms with Gasteiger partial charge in [0.2, 0.25) is 5.88 Å². The average Bonchev–Trinajstić information content (AvgIpc) is 2.34. The molecule has 0 amide bonds. The Balaban J connectivity index is 2.34.